The molecule has 0 aromatic carbocycles. The summed E-state index contributed by atoms with van der Waals surface area (Å²) in [7, 11) is 0. The summed E-state index contributed by atoms with van der Waals surface area (Å²) in [5, 5.41) is 2.62. The molecule has 0 unspecified atom stereocenters. The van der Waals surface area contributed by atoms with E-state index in [0.717, 1.165) is 12.2 Å². The van der Waals surface area contributed by atoms with Gasteiger partial charge in [-0.15, -0.1) is 0 Å². The van der Waals surface area contributed by atoms with E-state index in [9.17, 15) is 4.79 Å². The van der Waals surface area contributed by atoms with Crippen LogP contribution in [0.2, 0.25) is 0 Å². The number of carbonyl (C=O) groups is 1. The van der Waals surface area contributed by atoms with Gasteiger partial charge >= 0.3 is 0 Å². The number of nitrogens with zero attached hydrogens (tertiary/aromatic N) is 1. The first-order valence-corrected chi connectivity index (χ1v) is 3.49. The zero-order valence-corrected chi connectivity index (χ0v) is 5.95. The minimum atomic E-state index is -0.0307. The molecule has 0 aromatic heterocycles. The summed E-state index contributed by atoms with van der Waals surface area (Å²) in [6, 6.07) is 0. The Bertz CT molecular complexity index is 276. The van der Waals surface area contributed by atoms with Crippen molar-refractivity contribution in [3.8, 4) is 0 Å². The fourth-order valence-corrected chi connectivity index (χ4v) is 1.15. The highest BCUT2D eigenvalue weighted by Gasteiger charge is 2.18. The first kappa shape index (κ1) is 6.22. The fraction of sp³-hybridized carbons (Fsp3) is 0.125. The topological polar surface area (TPSA) is 32.3 Å². The Morgan fingerprint density at radius 1 is 1.55 bits per heavy atom. The minimum absolute atomic E-state index is 0.0307. The van der Waals surface area contributed by atoms with Crippen molar-refractivity contribution in [2.24, 2.45) is 0 Å². The van der Waals surface area contributed by atoms with E-state index in [1.165, 1.54) is 0 Å². The molecule has 56 valence electrons. The number of fused-ring (bicyclic) bond motifs is 1. The van der Waals surface area contributed by atoms with Gasteiger partial charge in [0.1, 0.15) is 5.70 Å². The van der Waals surface area contributed by atoms with Gasteiger partial charge in [-0.2, -0.15) is 0 Å². The van der Waals surface area contributed by atoms with Crippen LogP contribution in [0.1, 0.15) is 0 Å². The summed E-state index contributed by atoms with van der Waals surface area (Å²) in [6.07, 6.45) is 9.22. The first-order chi connectivity index (χ1) is 5.38. The third kappa shape index (κ3) is 0.941. The molecule has 2 aliphatic heterocycles. The average Bonchev–Trinajstić information content (AvgIpc) is 2.06. The minimum Gasteiger partial charge on any atom is -0.338 e. The van der Waals surface area contributed by atoms with Crippen LogP contribution in [0.25, 0.3) is 0 Å². The Labute approximate surface area is 64.7 Å². The largest absolute Gasteiger partial charge is 0.338 e. The fourth-order valence-electron chi connectivity index (χ4n) is 1.15. The molecule has 2 aliphatic rings. The van der Waals surface area contributed by atoms with Crippen molar-refractivity contribution in [2.75, 3.05) is 6.54 Å². The van der Waals surface area contributed by atoms with Crippen LogP contribution in [0.3, 0.4) is 0 Å². The van der Waals surface area contributed by atoms with E-state index < -0.39 is 0 Å². The van der Waals surface area contributed by atoms with Gasteiger partial charge in [0.2, 0.25) is 0 Å². The summed E-state index contributed by atoms with van der Waals surface area (Å²) >= 11 is 0. The van der Waals surface area contributed by atoms with Crippen molar-refractivity contribution in [2.45, 2.75) is 0 Å². The molecule has 0 atom stereocenters. The molecule has 0 radical (unpaired) electrons. The Morgan fingerprint density at radius 2 is 2.45 bits per heavy atom. The number of rotatable bonds is 0. The van der Waals surface area contributed by atoms with E-state index in [2.05, 4.69) is 5.32 Å². The number of hydrogen-bond acceptors (Lipinski definition) is 2. The van der Waals surface area contributed by atoms with Crippen molar-refractivity contribution in [3.63, 3.8) is 0 Å². The van der Waals surface area contributed by atoms with Gasteiger partial charge in [0, 0.05) is 18.9 Å². The van der Waals surface area contributed by atoms with Gasteiger partial charge in [0.25, 0.3) is 5.91 Å². The lowest BCUT2D eigenvalue weighted by atomic mass is 10.2. The number of carbonyl (C=O) groups excluding carboxylic acids is 1. The number of amides is 1. The highest BCUT2D eigenvalue weighted by Crippen LogP contribution is 2.12. The molecule has 0 saturated heterocycles. The third-order valence-electron chi connectivity index (χ3n) is 1.70. The van der Waals surface area contributed by atoms with Crippen molar-refractivity contribution >= 4 is 5.91 Å². The summed E-state index contributed by atoms with van der Waals surface area (Å²) < 4.78 is 0. The van der Waals surface area contributed by atoms with Crippen LogP contribution >= 0.6 is 0 Å². The van der Waals surface area contributed by atoms with Crippen LogP contribution in [-0.2, 0) is 4.79 Å². The van der Waals surface area contributed by atoms with Gasteiger partial charge < -0.3 is 10.2 Å². The zero-order chi connectivity index (χ0) is 7.68. The van der Waals surface area contributed by atoms with Gasteiger partial charge in [-0.1, -0.05) is 12.2 Å². The Morgan fingerprint density at radius 3 is 3.27 bits per heavy atom. The smallest absolute Gasteiger partial charge is 0.271 e. The van der Waals surface area contributed by atoms with Gasteiger partial charge in [-0.3, -0.25) is 4.79 Å². The van der Waals surface area contributed by atoms with E-state index in [4.69, 9.17) is 0 Å². The molecule has 0 spiro atoms. The molecule has 0 aromatic rings. The summed E-state index contributed by atoms with van der Waals surface area (Å²) in [4.78, 5) is 13.0. The molecule has 2 heterocycles. The summed E-state index contributed by atoms with van der Waals surface area (Å²) in [5.74, 6) is -0.0307. The van der Waals surface area contributed by atoms with Crippen molar-refractivity contribution in [1.29, 1.82) is 0 Å². The predicted octanol–water partition coefficient (Wildman–Crippen LogP) is 0.343. The maximum Gasteiger partial charge on any atom is 0.271 e. The van der Waals surface area contributed by atoms with Crippen LogP contribution in [0.5, 0.6) is 0 Å². The van der Waals surface area contributed by atoms with Crippen molar-refractivity contribution < 1.29 is 4.79 Å². The SMILES string of the molecule is O=C1NC=CN2CC=CC=C12. The molecule has 11 heavy (non-hydrogen) atoms. The van der Waals surface area contributed by atoms with Crippen molar-refractivity contribution in [3.05, 3.63) is 36.3 Å². The van der Waals surface area contributed by atoms with Crippen LogP contribution in [-0.4, -0.2) is 17.4 Å². The maximum absolute atomic E-state index is 11.1. The van der Waals surface area contributed by atoms with Gasteiger partial charge in [0.05, 0.1) is 0 Å². The average molecular weight is 148 g/mol. The van der Waals surface area contributed by atoms with Crippen LogP contribution in [0.15, 0.2) is 36.3 Å². The van der Waals surface area contributed by atoms with E-state index in [1.54, 1.807) is 6.20 Å². The van der Waals surface area contributed by atoms with E-state index in [-0.39, 0.29) is 5.91 Å². The Balaban J connectivity index is 2.38. The summed E-state index contributed by atoms with van der Waals surface area (Å²) in [6.45, 7) is 0.787. The molecular formula is C8H8N2O. The van der Waals surface area contributed by atoms with E-state index in [1.807, 2.05) is 29.3 Å². The van der Waals surface area contributed by atoms with Crippen LogP contribution < -0.4 is 5.32 Å². The molecule has 1 amide bonds. The molecule has 0 saturated carbocycles. The van der Waals surface area contributed by atoms with E-state index in [0.29, 0.717) is 0 Å². The summed E-state index contributed by atoms with van der Waals surface area (Å²) in [5.41, 5.74) is 0.718. The number of nitrogens with one attached hydrogen (secondary N) is 1. The second-order valence-electron chi connectivity index (χ2n) is 2.42. The van der Waals surface area contributed by atoms with Gasteiger partial charge in [-0.05, 0) is 6.08 Å². The molecule has 2 rings (SSSR count). The third-order valence-corrected chi connectivity index (χ3v) is 1.70. The second-order valence-corrected chi connectivity index (χ2v) is 2.42. The van der Waals surface area contributed by atoms with Crippen molar-refractivity contribution in [1.82, 2.24) is 10.2 Å². The second kappa shape index (κ2) is 2.27. The maximum atomic E-state index is 11.1. The Kier molecular flexibility index (Phi) is 1.28. The van der Waals surface area contributed by atoms with Crippen LogP contribution in [0, 0.1) is 0 Å². The normalized spacial score (nSPS) is 20.9. The molecular weight excluding hydrogens is 140 g/mol. The molecule has 0 fully saturated rings. The number of allylic oxidation sites excluding steroid dienone is 2. The Hall–Kier alpha value is -1.51. The van der Waals surface area contributed by atoms with Gasteiger partial charge in [0.15, 0.2) is 0 Å². The van der Waals surface area contributed by atoms with Crippen LogP contribution in [0.4, 0.5) is 0 Å². The lowest BCUT2D eigenvalue weighted by Gasteiger charge is -2.26. The monoisotopic (exact) mass is 148 g/mol. The van der Waals surface area contributed by atoms with E-state index >= 15 is 0 Å². The molecule has 0 aliphatic carbocycles. The standard InChI is InChI=1S/C8H8N2O/c11-8-7-3-1-2-5-10(7)6-4-9-8/h1-4,6H,5H2,(H,9,11). The lowest BCUT2D eigenvalue weighted by Crippen LogP contribution is -2.35. The predicted molar refractivity (Wildman–Crippen MR) is 41.2 cm³/mol. The molecule has 3 heteroatoms. The molecule has 0 bridgehead atoms. The highest BCUT2D eigenvalue weighted by atomic mass is 16.2. The number of hydrogen-bond donors (Lipinski definition) is 1. The molecule has 1 N–H and O–H groups in total. The first-order valence-electron chi connectivity index (χ1n) is 3.49. The van der Waals surface area contributed by atoms with Gasteiger partial charge in [-0.25, -0.2) is 0 Å². The highest BCUT2D eigenvalue weighted by molar-refractivity contribution is 5.95. The lowest BCUT2D eigenvalue weighted by molar-refractivity contribution is -0.118. The quantitative estimate of drug-likeness (QED) is 0.537. The zero-order valence-electron chi connectivity index (χ0n) is 5.95. The molecule has 3 nitrogen and oxygen atoms in total.